The van der Waals surface area contributed by atoms with Gasteiger partial charge in [0.05, 0.1) is 0 Å². The fraction of sp³-hybridized carbons (Fsp3) is 0.500. The Morgan fingerprint density at radius 1 is 1.20 bits per heavy atom. The number of anilines is 1. The van der Waals surface area contributed by atoms with E-state index in [1.54, 1.807) is 12.1 Å². The lowest BCUT2D eigenvalue weighted by Crippen LogP contribution is -2.45. The number of amides is 1. The van der Waals surface area contributed by atoms with Crippen molar-refractivity contribution in [1.29, 1.82) is 0 Å². The number of carbonyl (C=O) groups is 1. The Bertz CT molecular complexity index is 760. The topological polar surface area (TPSA) is 71.3 Å². The van der Waals surface area contributed by atoms with Gasteiger partial charge in [-0.2, -0.15) is 0 Å². The van der Waals surface area contributed by atoms with Crippen LogP contribution in [0.3, 0.4) is 0 Å². The van der Waals surface area contributed by atoms with Crippen molar-refractivity contribution in [3.8, 4) is 11.5 Å². The Kier molecular flexibility index (Phi) is 4.15. The van der Waals surface area contributed by atoms with E-state index in [1.807, 2.05) is 24.0 Å². The first-order valence-electron chi connectivity index (χ1n) is 8.69. The molecule has 25 heavy (non-hydrogen) atoms. The van der Waals surface area contributed by atoms with Gasteiger partial charge in [0.1, 0.15) is 6.04 Å². The summed E-state index contributed by atoms with van der Waals surface area (Å²) in [6.45, 7) is 3.53. The number of halogens is 1. The smallest absolute Gasteiger partial charge is 0.316 e. The van der Waals surface area contributed by atoms with Crippen LogP contribution < -0.4 is 5.32 Å². The maximum Gasteiger partial charge on any atom is 0.316 e. The predicted molar refractivity (Wildman–Crippen MR) is 95.3 cm³/mol. The van der Waals surface area contributed by atoms with Crippen molar-refractivity contribution >= 4 is 23.5 Å². The number of nitrogens with zero attached hydrogens (tertiary/aromatic N) is 3. The molecule has 1 N–H and O–H groups in total. The van der Waals surface area contributed by atoms with Crippen molar-refractivity contribution in [3.05, 3.63) is 29.3 Å². The lowest BCUT2D eigenvalue weighted by molar-refractivity contribution is -0.133. The molecule has 6 nitrogen and oxygen atoms in total. The fourth-order valence-electron chi connectivity index (χ4n) is 3.39. The molecule has 1 saturated carbocycles. The standard InChI is InChI=1S/C18H21ClN4O2/c1-12(16(24)23-10-8-18(6-7-18)9-11-23)20-17-22-21-15(25-17)13-2-4-14(19)5-3-13/h2-5,12H,6-11H2,1H3,(H,20,22). The monoisotopic (exact) mass is 360 g/mol. The molecule has 2 aliphatic rings. The number of rotatable bonds is 4. The zero-order valence-electron chi connectivity index (χ0n) is 14.2. The average molecular weight is 361 g/mol. The normalized spacial score (nSPS) is 19.7. The molecule has 2 heterocycles. The van der Waals surface area contributed by atoms with Gasteiger partial charge in [-0.25, -0.2) is 0 Å². The fourth-order valence-corrected chi connectivity index (χ4v) is 3.52. The van der Waals surface area contributed by atoms with Crippen molar-refractivity contribution in [2.75, 3.05) is 18.4 Å². The van der Waals surface area contributed by atoms with Crippen LogP contribution in [0.15, 0.2) is 28.7 Å². The second kappa shape index (κ2) is 6.33. The van der Waals surface area contributed by atoms with Crippen LogP contribution in [0.4, 0.5) is 6.01 Å². The highest BCUT2D eigenvalue weighted by atomic mass is 35.5. The SMILES string of the molecule is CC(Nc1nnc(-c2ccc(Cl)cc2)o1)C(=O)N1CCC2(CC1)CC2. The molecule has 132 valence electrons. The van der Waals surface area contributed by atoms with E-state index in [1.165, 1.54) is 12.8 Å². The van der Waals surface area contributed by atoms with Gasteiger partial charge in [0, 0.05) is 23.7 Å². The first-order valence-corrected chi connectivity index (χ1v) is 9.07. The zero-order valence-corrected chi connectivity index (χ0v) is 14.9. The zero-order chi connectivity index (χ0) is 17.4. The molecular weight excluding hydrogens is 340 g/mol. The van der Waals surface area contributed by atoms with Gasteiger partial charge in [-0.15, -0.1) is 5.10 Å². The summed E-state index contributed by atoms with van der Waals surface area (Å²) < 4.78 is 5.61. The molecule has 0 radical (unpaired) electrons. The number of benzene rings is 1. The maximum absolute atomic E-state index is 12.6. The van der Waals surface area contributed by atoms with Crippen LogP contribution in [0.25, 0.3) is 11.5 Å². The van der Waals surface area contributed by atoms with E-state index in [0.29, 0.717) is 16.3 Å². The molecule has 1 aromatic heterocycles. The highest BCUT2D eigenvalue weighted by molar-refractivity contribution is 6.30. The lowest BCUT2D eigenvalue weighted by Gasteiger charge is -2.33. The Labute approximate surface area is 151 Å². The average Bonchev–Trinajstić information content (AvgIpc) is 3.21. The minimum absolute atomic E-state index is 0.0849. The molecule has 1 aliphatic carbocycles. The molecule has 0 bridgehead atoms. The minimum Gasteiger partial charge on any atom is -0.403 e. The summed E-state index contributed by atoms with van der Waals surface area (Å²) in [7, 11) is 0. The number of carbonyl (C=O) groups excluding carboxylic acids is 1. The van der Waals surface area contributed by atoms with Crippen LogP contribution in [0, 0.1) is 5.41 Å². The maximum atomic E-state index is 12.6. The van der Waals surface area contributed by atoms with Crippen LogP contribution >= 0.6 is 11.6 Å². The van der Waals surface area contributed by atoms with Crippen LogP contribution in [-0.2, 0) is 4.79 Å². The summed E-state index contributed by atoms with van der Waals surface area (Å²) in [5.74, 6) is 0.481. The second-order valence-corrected chi connectivity index (χ2v) is 7.55. The molecule has 1 aliphatic heterocycles. The quantitative estimate of drug-likeness (QED) is 0.902. The van der Waals surface area contributed by atoms with Gasteiger partial charge in [0.15, 0.2) is 0 Å². The van der Waals surface area contributed by atoms with E-state index in [4.69, 9.17) is 16.0 Å². The summed E-state index contributed by atoms with van der Waals surface area (Å²) in [6, 6.07) is 7.02. The van der Waals surface area contributed by atoms with E-state index in [9.17, 15) is 4.79 Å². The van der Waals surface area contributed by atoms with Gasteiger partial charge in [-0.3, -0.25) is 4.79 Å². The molecule has 1 unspecified atom stereocenters. The van der Waals surface area contributed by atoms with E-state index in [2.05, 4.69) is 15.5 Å². The Morgan fingerprint density at radius 2 is 1.88 bits per heavy atom. The molecule has 1 spiro atoms. The molecular formula is C18H21ClN4O2. The second-order valence-electron chi connectivity index (χ2n) is 7.11. The molecule has 1 amide bonds. The Morgan fingerprint density at radius 3 is 2.52 bits per heavy atom. The van der Waals surface area contributed by atoms with Gasteiger partial charge < -0.3 is 14.6 Å². The van der Waals surface area contributed by atoms with Crippen LogP contribution in [-0.4, -0.2) is 40.1 Å². The van der Waals surface area contributed by atoms with Gasteiger partial charge in [0.25, 0.3) is 0 Å². The number of aromatic nitrogens is 2. The highest BCUT2D eigenvalue weighted by Gasteiger charge is 2.45. The van der Waals surface area contributed by atoms with Crippen LogP contribution in [0.1, 0.15) is 32.6 Å². The van der Waals surface area contributed by atoms with E-state index in [0.717, 1.165) is 31.5 Å². The summed E-state index contributed by atoms with van der Waals surface area (Å²) in [4.78, 5) is 14.5. The van der Waals surface area contributed by atoms with E-state index >= 15 is 0 Å². The van der Waals surface area contributed by atoms with Gasteiger partial charge in [-0.1, -0.05) is 16.7 Å². The first-order chi connectivity index (χ1) is 12.0. The molecule has 4 rings (SSSR count). The van der Waals surface area contributed by atoms with E-state index < -0.39 is 6.04 Å². The molecule has 1 aromatic carbocycles. The third-order valence-electron chi connectivity index (χ3n) is 5.32. The number of hydrogen-bond acceptors (Lipinski definition) is 5. The number of nitrogens with one attached hydrogen (secondary N) is 1. The third-order valence-corrected chi connectivity index (χ3v) is 5.57. The van der Waals surface area contributed by atoms with Crippen LogP contribution in [0.5, 0.6) is 0 Å². The number of piperidine rings is 1. The van der Waals surface area contributed by atoms with Gasteiger partial charge in [0.2, 0.25) is 11.8 Å². The number of hydrogen-bond donors (Lipinski definition) is 1. The van der Waals surface area contributed by atoms with Crippen molar-refractivity contribution in [2.45, 2.75) is 38.6 Å². The van der Waals surface area contributed by atoms with Crippen molar-refractivity contribution < 1.29 is 9.21 Å². The molecule has 2 fully saturated rings. The highest BCUT2D eigenvalue weighted by Crippen LogP contribution is 2.53. The number of likely N-dealkylation sites (tertiary alicyclic amines) is 1. The summed E-state index contributed by atoms with van der Waals surface area (Å²) in [5.41, 5.74) is 1.35. The molecule has 7 heteroatoms. The predicted octanol–water partition coefficient (Wildman–Crippen LogP) is 3.59. The third kappa shape index (κ3) is 3.49. The summed E-state index contributed by atoms with van der Waals surface area (Å²) in [6.07, 6.45) is 4.93. The van der Waals surface area contributed by atoms with Gasteiger partial charge in [-0.05, 0) is 62.3 Å². The largest absolute Gasteiger partial charge is 0.403 e. The van der Waals surface area contributed by atoms with Crippen molar-refractivity contribution in [3.63, 3.8) is 0 Å². The Balaban J connectivity index is 1.36. The summed E-state index contributed by atoms with van der Waals surface area (Å²) >= 11 is 5.88. The Hall–Kier alpha value is -2.08. The molecule has 1 atom stereocenters. The molecule has 2 aromatic rings. The van der Waals surface area contributed by atoms with Gasteiger partial charge >= 0.3 is 6.01 Å². The van der Waals surface area contributed by atoms with Crippen molar-refractivity contribution in [2.24, 2.45) is 5.41 Å². The first kappa shape index (κ1) is 16.4. The van der Waals surface area contributed by atoms with Crippen LogP contribution in [0.2, 0.25) is 5.02 Å². The molecule has 1 saturated heterocycles. The van der Waals surface area contributed by atoms with E-state index in [-0.39, 0.29) is 11.9 Å². The summed E-state index contributed by atoms with van der Waals surface area (Å²) in [5, 5.41) is 11.7. The lowest BCUT2D eigenvalue weighted by atomic mass is 9.93. The minimum atomic E-state index is -0.397. The van der Waals surface area contributed by atoms with Crippen molar-refractivity contribution in [1.82, 2.24) is 15.1 Å².